The van der Waals surface area contributed by atoms with Gasteiger partial charge in [0.2, 0.25) is 0 Å². The molecule has 1 aromatic heterocycles. The maximum atomic E-state index is 13.3. The van der Waals surface area contributed by atoms with Crippen LogP contribution >= 0.6 is 11.3 Å². The van der Waals surface area contributed by atoms with E-state index in [9.17, 15) is 9.18 Å². The SMILES string of the molecule is CC(C)[C@@H]([NH2+]CC(=O)N[C@H](c1ccc(F)cc1)c1cccs1)c1ccccc1. The van der Waals surface area contributed by atoms with Gasteiger partial charge < -0.3 is 10.6 Å². The molecule has 0 unspecified atom stereocenters. The van der Waals surface area contributed by atoms with Crippen molar-refractivity contribution in [1.29, 1.82) is 0 Å². The first-order valence-corrected chi connectivity index (χ1v) is 10.4. The van der Waals surface area contributed by atoms with Gasteiger partial charge in [-0.3, -0.25) is 4.79 Å². The van der Waals surface area contributed by atoms with Crippen molar-refractivity contribution in [1.82, 2.24) is 5.32 Å². The topological polar surface area (TPSA) is 45.7 Å². The molecule has 3 rings (SSSR count). The van der Waals surface area contributed by atoms with E-state index in [1.165, 1.54) is 17.7 Å². The minimum atomic E-state index is -0.282. The largest absolute Gasteiger partial charge is 0.339 e. The average molecular weight is 398 g/mol. The van der Waals surface area contributed by atoms with Crippen LogP contribution in [0.4, 0.5) is 4.39 Å². The van der Waals surface area contributed by atoms with Crippen LogP contribution in [0.2, 0.25) is 0 Å². The van der Waals surface area contributed by atoms with Gasteiger partial charge >= 0.3 is 0 Å². The molecule has 3 nitrogen and oxygen atoms in total. The molecule has 28 heavy (non-hydrogen) atoms. The fourth-order valence-electron chi connectivity index (χ4n) is 3.35. The van der Waals surface area contributed by atoms with E-state index in [2.05, 4.69) is 36.6 Å². The van der Waals surface area contributed by atoms with Gasteiger partial charge in [0, 0.05) is 16.4 Å². The molecule has 0 bridgehead atoms. The lowest BCUT2D eigenvalue weighted by molar-refractivity contribution is -0.692. The zero-order valence-electron chi connectivity index (χ0n) is 16.1. The molecule has 1 amide bonds. The fraction of sp³-hybridized carbons (Fsp3) is 0.261. The molecule has 2 atom stereocenters. The van der Waals surface area contributed by atoms with Crippen LogP contribution < -0.4 is 10.6 Å². The Labute approximate surface area is 169 Å². The van der Waals surface area contributed by atoms with Crippen molar-refractivity contribution in [3.63, 3.8) is 0 Å². The van der Waals surface area contributed by atoms with Crippen LogP contribution in [0.1, 0.15) is 41.9 Å². The molecule has 0 spiro atoms. The standard InChI is InChI=1S/C23H25FN2OS/c1-16(2)22(17-7-4-3-5-8-17)25-15-21(27)26-23(20-9-6-14-28-20)18-10-12-19(24)13-11-18/h3-14,16,22-23,25H,15H2,1-2H3,(H,26,27)/p+1/t22-,23-/m1/s1. The Morgan fingerprint density at radius 3 is 2.32 bits per heavy atom. The summed E-state index contributed by atoms with van der Waals surface area (Å²) in [6.07, 6.45) is 0. The molecule has 0 radical (unpaired) electrons. The first kappa shape index (κ1) is 20.2. The Kier molecular flexibility index (Phi) is 6.95. The van der Waals surface area contributed by atoms with Crippen molar-refractivity contribution in [3.8, 4) is 0 Å². The molecule has 0 aliphatic carbocycles. The zero-order valence-corrected chi connectivity index (χ0v) is 17.0. The minimum Gasteiger partial charge on any atom is -0.339 e. The Morgan fingerprint density at radius 1 is 1.00 bits per heavy atom. The van der Waals surface area contributed by atoms with E-state index in [0.29, 0.717) is 12.5 Å². The molecule has 2 aromatic carbocycles. The molecule has 1 heterocycles. The van der Waals surface area contributed by atoms with Gasteiger partial charge in [0.15, 0.2) is 6.54 Å². The normalized spacial score (nSPS) is 13.3. The Hall–Kier alpha value is -2.50. The third kappa shape index (κ3) is 5.27. The maximum absolute atomic E-state index is 13.3. The van der Waals surface area contributed by atoms with Gasteiger partial charge in [-0.05, 0) is 29.1 Å². The van der Waals surface area contributed by atoms with Gasteiger partial charge in [-0.1, -0.05) is 62.4 Å². The Morgan fingerprint density at radius 2 is 1.71 bits per heavy atom. The number of quaternary nitrogens is 1. The maximum Gasteiger partial charge on any atom is 0.275 e. The van der Waals surface area contributed by atoms with Crippen LogP contribution in [0, 0.1) is 11.7 Å². The summed E-state index contributed by atoms with van der Waals surface area (Å²) >= 11 is 1.58. The van der Waals surface area contributed by atoms with Crippen LogP contribution in [0.3, 0.4) is 0 Å². The van der Waals surface area contributed by atoms with Gasteiger partial charge in [0.05, 0.1) is 6.04 Å². The number of nitrogens with one attached hydrogen (secondary N) is 1. The number of carbonyl (C=O) groups is 1. The van der Waals surface area contributed by atoms with Crippen LogP contribution in [0.25, 0.3) is 0 Å². The van der Waals surface area contributed by atoms with E-state index < -0.39 is 0 Å². The molecule has 0 aliphatic heterocycles. The van der Waals surface area contributed by atoms with Gasteiger partial charge in [-0.25, -0.2) is 4.39 Å². The highest BCUT2D eigenvalue weighted by Crippen LogP contribution is 2.26. The number of hydrogen-bond donors (Lipinski definition) is 2. The summed E-state index contributed by atoms with van der Waals surface area (Å²) in [7, 11) is 0. The average Bonchev–Trinajstić information content (AvgIpc) is 3.22. The number of nitrogens with two attached hydrogens (primary N) is 1. The van der Waals surface area contributed by atoms with E-state index in [4.69, 9.17) is 0 Å². The molecule has 146 valence electrons. The lowest BCUT2D eigenvalue weighted by atomic mass is 9.96. The van der Waals surface area contributed by atoms with E-state index >= 15 is 0 Å². The number of thiophene rings is 1. The van der Waals surface area contributed by atoms with Gasteiger partial charge in [-0.2, -0.15) is 0 Å². The van der Waals surface area contributed by atoms with Crippen LogP contribution in [-0.2, 0) is 4.79 Å². The van der Waals surface area contributed by atoms with Crippen molar-refractivity contribution < 1.29 is 14.5 Å². The Bertz CT molecular complexity index is 863. The quantitative estimate of drug-likeness (QED) is 0.592. The summed E-state index contributed by atoms with van der Waals surface area (Å²) in [5.41, 5.74) is 2.10. The third-order valence-electron chi connectivity index (χ3n) is 4.80. The predicted octanol–water partition coefficient (Wildman–Crippen LogP) is 4.05. The van der Waals surface area contributed by atoms with Crippen molar-refractivity contribution in [2.45, 2.75) is 25.9 Å². The summed E-state index contributed by atoms with van der Waals surface area (Å²) in [6.45, 7) is 4.67. The number of rotatable bonds is 8. The summed E-state index contributed by atoms with van der Waals surface area (Å²) in [4.78, 5) is 13.8. The minimum absolute atomic E-state index is 0.0377. The Balaban J connectivity index is 1.69. The summed E-state index contributed by atoms with van der Waals surface area (Å²) < 4.78 is 13.3. The molecule has 3 N–H and O–H groups in total. The van der Waals surface area contributed by atoms with Gasteiger partial charge in [0.1, 0.15) is 11.9 Å². The second-order valence-corrected chi connectivity index (χ2v) is 8.17. The van der Waals surface area contributed by atoms with E-state index in [1.807, 2.05) is 35.7 Å². The highest BCUT2D eigenvalue weighted by molar-refractivity contribution is 7.10. The molecular formula is C23H26FN2OS+. The van der Waals surface area contributed by atoms with Crippen molar-refractivity contribution in [3.05, 3.63) is 93.9 Å². The highest BCUT2D eigenvalue weighted by atomic mass is 32.1. The molecule has 0 saturated heterocycles. The van der Waals surface area contributed by atoms with Crippen molar-refractivity contribution in [2.75, 3.05) is 6.54 Å². The number of hydrogen-bond acceptors (Lipinski definition) is 2. The summed E-state index contributed by atoms with van der Waals surface area (Å²) in [6, 6.07) is 20.5. The fourth-order valence-corrected chi connectivity index (χ4v) is 4.15. The lowest BCUT2D eigenvalue weighted by Crippen LogP contribution is -2.88. The molecule has 0 fully saturated rings. The number of benzene rings is 2. The van der Waals surface area contributed by atoms with E-state index in [0.717, 1.165) is 10.4 Å². The second kappa shape index (κ2) is 9.62. The lowest BCUT2D eigenvalue weighted by Gasteiger charge is -2.21. The second-order valence-electron chi connectivity index (χ2n) is 7.19. The summed E-state index contributed by atoms with van der Waals surface area (Å²) in [5, 5.41) is 7.19. The predicted molar refractivity (Wildman–Crippen MR) is 112 cm³/mol. The molecule has 3 aromatic rings. The summed E-state index contributed by atoms with van der Waals surface area (Å²) in [5.74, 6) is 0.0840. The zero-order chi connectivity index (χ0) is 19.9. The van der Waals surface area contributed by atoms with E-state index in [-0.39, 0.29) is 23.8 Å². The van der Waals surface area contributed by atoms with Crippen LogP contribution in [-0.4, -0.2) is 12.5 Å². The number of carbonyl (C=O) groups excluding carboxylic acids is 1. The number of amides is 1. The first-order valence-electron chi connectivity index (χ1n) is 9.51. The molecule has 0 saturated carbocycles. The van der Waals surface area contributed by atoms with Crippen molar-refractivity contribution >= 4 is 17.2 Å². The molecular weight excluding hydrogens is 371 g/mol. The van der Waals surface area contributed by atoms with Crippen LogP contribution in [0.15, 0.2) is 72.1 Å². The smallest absolute Gasteiger partial charge is 0.275 e. The first-order chi connectivity index (χ1) is 13.5. The van der Waals surface area contributed by atoms with E-state index in [1.54, 1.807) is 23.5 Å². The molecule has 5 heteroatoms. The third-order valence-corrected chi connectivity index (χ3v) is 5.73. The highest BCUT2D eigenvalue weighted by Gasteiger charge is 2.23. The van der Waals surface area contributed by atoms with Crippen molar-refractivity contribution in [2.24, 2.45) is 5.92 Å². The number of halogens is 1. The van der Waals surface area contributed by atoms with Crippen LogP contribution in [0.5, 0.6) is 0 Å². The molecule has 0 aliphatic rings. The van der Waals surface area contributed by atoms with Gasteiger partial charge in [0.25, 0.3) is 5.91 Å². The van der Waals surface area contributed by atoms with Gasteiger partial charge in [-0.15, -0.1) is 11.3 Å². The monoisotopic (exact) mass is 397 g/mol.